The second-order valence-corrected chi connectivity index (χ2v) is 4.32. The van der Waals surface area contributed by atoms with Crippen molar-refractivity contribution in [2.24, 2.45) is 5.92 Å². The maximum absolute atomic E-state index is 11.4. The summed E-state index contributed by atoms with van der Waals surface area (Å²) >= 11 is 0. The van der Waals surface area contributed by atoms with Crippen molar-refractivity contribution in [3.63, 3.8) is 0 Å². The van der Waals surface area contributed by atoms with Crippen molar-refractivity contribution in [2.45, 2.75) is 38.6 Å². The number of urea groups is 1. The zero-order chi connectivity index (χ0) is 10.1. The highest BCUT2D eigenvalue weighted by Gasteiger charge is 2.31. The van der Waals surface area contributed by atoms with Gasteiger partial charge in [0, 0.05) is 19.0 Å². The first kappa shape index (κ1) is 9.49. The second-order valence-electron chi connectivity index (χ2n) is 4.32. The van der Waals surface area contributed by atoms with Crippen LogP contribution in [0.1, 0.15) is 32.6 Å². The molecule has 0 aromatic carbocycles. The van der Waals surface area contributed by atoms with Gasteiger partial charge >= 0.3 is 6.03 Å². The van der Waals surface area contributed by atoms with Crippen LogP contribution in [-0.2, 0) is 4.79 Å². The standard InChI is InChI=1S/C10H16N2O2/c1-7(6-8-2-3-8)12-5-4-9(13)11-10(12)14/h7-8H,2-6H2,1H3,(H,11,13,14). The van der Waals surface area contributed by atoms with Crippen LogP contribution in [0.25, 0.3) is 0 Å². The van der Waals surface area contributed by atoms with Crippen LogP contribution >= 0.6 is 0 Å². The fraction of sp³-hybridized carbons (Fsp3) is 0.800. The fourth-order valence-electron chi connectivity index (χ4n) is 1.96. The maximum Gasteiger partial charge on any atom is 0.324 e. The predicted molar refractivity (Wildman–Crippen MR) is 51.7 cm³/mol. The van der Waals surface area contributed by atoms with E-state index in [-0.39, 0.29) is 18.0 Å². The van der Waals surface area contributed by atoms with Crippen LogP contribution in [0.2, 0.25) is 0 Å². The van der Waals surface area contributed by atoms with Gasteiger partial charge in [-0.15, -0.1) is 0 Å². The Morgan fingerprint density at radius 3 is 2.79 bits per heavy atom. The van der Waals surface area contributed by atoms with Crippen molar-refractivity contribution >= 4 is 11.9 Å². The minimum Gasteiger partial charge on any atom is -0.321 e. The highest BCUT2D eigenvalue weighted by molar-refractivity contribution is 5.96. The van der Waals surface area contributed by atoms with Crippen molar-refractivity contribution in [2.75, 3.05) is 6.54 Å². The first-order chi connectivity index (χ1) is 6.66. The molecule has 1 unspecified atom stereocenters. The summed E-state index contributed by atoms with van der Waals surface area (Å²) in [6, 6.07) is 0.0602. The van der Waals surface area contributed by atoms with Gasteiger partial charge < -0.3 is 4.90 Å². The molecule has 4 heteroatoms. The quantitative estimate of drug-likeness (QED) is 0.735. The summed E-state index contributed by atoms with van der Waals surface area (Å²) in [5.41, 5.74) is 0. The van der Waals surface area contributed by atoms with Crippen molar-refractivity contribution in [1.29, 1.82) is 0 Å². The Hall–Kier alpha value is -1.06. The smallest absolute Gasteiger partial charge is 0.321 e. The molecule has 0 spiro atoms. The zero-order valence-electron chi connectivity index (χ0n) is 8.45. The number of hydrogen-bond donors (Lipinski definition) is 1. The summed E-state index contributed by atoms with van der Waals surface area (Å²) in [4.78, 5) is 24.1. The van der Waals surface area contributed by atoms with Crippen LogP contribution in [0.15, 0.2) is 0 Å². The van der Waals surface area contributed by atoms with E-state index in [2.05, 4.69) is 12.2 Å². The summed E-state index contributed by atoms with van der Waals surface area (Å²) in [5, 5.41) is 2.35. The largest absolute Gasteiger partial charge is 0.324 e. The Labute approximate surface area is 83.6 Å². The average Bonchev–Trinajstić information content (AvgIpc) is 2.87. The topological polar surface area (TPSA) is 49.4 Å². The SMILES string of the molecule is CC(CC1CC1)N1CCC(=O)NC1=O. The van der Waals surface area contributed by atoms with Gasteiger partial charge in [0.2, 0.25) is 5.91 Å². The van der Waals surface area contributed by atoms with Gasteiger partial charge in [-0.3, -0.25) is 10.1 Å². The Bertz CT molecular complexity index is 261. The molecule has 2 rings (SSSR count). The van der Waals surface area contributed by atoms with E-state index in [9.17, 15) is 9.59 Å². The molecule has 2 aliphatic rings. The molecule has 1 N–H and O–H groups in total. The monoisotopic (exact) mass is 196 g/mol. The van der Waals surface area contributed by atoms with Gasteiger partial charge in [-0.25, -0.2) is 4.79 Å². The lowest BCUT2D eigenvalue weighted by Crippen LogP contribution is -2.52. The van der Waals surface area contributed by atoms with Gasteiger partial charge in [-0.2, -0.15) is 0 Å². The minimum absolute atomic E-state index is 0.148. The first-order valence-electron chi connectivity index (χ1n) is 5.27. The van der Waals surface area contributed by atoms with E-state index in [1.54, 1.807) is 4.90 Å². The summed E-state index contributed by atoms with van der Waals surface area (Å²) < 4.78 is 0. The zero-order valence-corrected chi connectivity index (χ0v) is 8.45. The molecule has 2 fully saturated rings. The average molecular weight is 196 g/mol. The third kappa shape index (κ3) is 2.05. The van der Waals surface area contributed by atoms with Gasteiger partial charge in [-0.1, -0.05) is 12.8 Å². The number of nitrogens with one attached hydrogen (secondary N) is 1. The van der Waals surface area contributed by atoms with E-state index in [1.165, 1.54) is 12.8 Å². The van der Waals surface area contributed by atoms with E-state index in [0.717, 1.165) is 12.3 Å². The van der Waals surface area contributed by atoms with Gasteiger partial charge in [-0.05, 0) is 19.3 Å². The molecule has 3 amide bonds. The lowest BCUT2D eigenvalue weighted by Gasteiger charge is -2.32. The van der Waals surface area contributed by atoms with Crippen LogP contribution in [0.4, 0.5) is 4.79 Å². The predicted octanol–water partition coefficient (Wildman–Crippen LogP) is 1.12. The molecule has 0 aromatic rings. The summed E-state index contributed by atoms with van der Waals surface area (Å²) in [7, 11) is 0. The highest BCUT2D eigenvalue weighted by atomic mass is 16.2. The van der Waals surface area contributed by atoms with Crippen molar-refractivity contribution in [3.05, 3.63) is 0 Å². The summed E-state index contributed by atoms with van der Waals surface area (Å²) in [5.74, 6) is 0.667. The molecule has 1 saturated heterocycles. The van der Waals surface area contributed by atoms with Gasteiger partial charge in [0.1, 0.15) is 0 Å². The lowest BCUT2D eigenvalue weighted by atomic mass is 10.1. The number of amides is 3. The second kappa shape index (κ2) is 3.59. The molecular formula is C10H16N2O2. The number of carbonyl (C=O) groups excluding carboxylic acids is 2. The summed E-state index contributed by atoms with van der Waals surface area (Å²) in [6.07, 6.45) is 4.14. The first-order valence-corrected chi connectivity index (χ1v) is 5.27. The van der Waals surface area contributed by atoms with Crippen molar-refractivity contribution in [1.82, 2.24) is 10.2 Å². The van der Waals surface area contributed by atoms with Crippen molar-refractivity contribution < 1.29 is 9.59 Å². The molecule has 1 heterocycles. The highest BCUT2D eigenvalue weighted by Crippen LogP contribution is 2.34. The third-order valence-corrected chi connectivity index (χ3v) is 2.99. The molecule has 1 atom stereocenters. The van der Waals surface area contributed by atoms with E-state index in [1.807, 2.05) is 0 Å². The van der Waals surface area contributed by atoms with E-state index < -0.39 is 0 Å². The lowest BCUT2D eigenvalue weighted by molar-refractivity contribution is -0.121. The fourth-order valence-corrected chi connectivity index (χ4v) is 1.96. The van der Waals surface area contributed by atoms with Crippen LogP contribution in [-0.4, -0.2) is 29.4 Å². The maximum atomic E-state index is 11.4. The number of nitrogens with zero attached hydrogens (tertiary/aromatic N) is 1. The molecule has 1 aliphatic carbocycles. The van der Waals surface area contributed by atoms with Crippen LogP contribution in [0.5, 0.6) is 0 Å². The van der Waals surface area contributed by atoms with E-state index in [0.29, 0.717) is 13.0 Å². The number of rotatable bonds is 3. The normalized spacial score (nSPS) is 24.8. The van der Waals surface area contributed by atoms with Crippen LogP contribution in [0, 0.1) is 5.92 Å². The van der Waals surface area contributed by atoms with E-state index in [4.69, 9.17) is 0 Å². The Balaban J connectivity index is 1.88. The van der Waals surface area contributed by atoms with Crippen molar-refractivity contribution in [3.8, 4) is 0 Å². The van der Waals surface area contributed by atoms with Gasteiger partial charge in [0.05, 0.1) is 0 Å². The number of hydrogen-bond acceptors (Lipinski definition) is 2. The van der Waals surface area contributed by atoms with Gasteiger partial charge in [0.15, 0.2) is 0 Å². The Morgan fingerprint density at radius 1 is 1.50 bits per heavy atom. The molecule has 0 radical (unpaired) electrons. The molecule has 0 bridgehead atoms. The Morgan fingerprint density at radius 2 is 2.21 bits per heavy atom. The molecule has 14 heavy (non-hydrogen) atoms. The van der Waals surface area contributed by atoms with Crippen LogP contribution < -0.4 is 5.32 Å². The Kier molecular flexibility index (Phi) is 2.44. The summed E-state index contributed by atoms with van der Waals surface area (Å²) in [6.45, 7) is 2.65. The molecule has 1 saturated carbocycles. The minimum atomic E-state index is -0.214. The molecule has 0 aromatic heterocycles. The molecular weight excluding hydrogens is 180 g/mol. The molecule has 78 valence electrons. The third-order valence-electron chi connectivity index (χ3n) is 2.99. The molecule has 4 nitrogen and oxygen atoms in total. The number of imide groups is 1. The van der Waals surface area contributed by atoms with E-state index >= 15 is 0 Å². The molecule has 1 aliphatic heterocycles. The number of carbonyl (C=O) groups is 2. The van der Waals surface area contributed by atoms with Crippen LogP contribution in [0.3, 0.4) is 0 Å². The van der Waals surface area contributed by atoms with Gasteiger partial charge in [0.25, 0.3) is 0 Å².